The lowest BCUT2D eigenvalue weighted by molar-refractivity contribution is 0.567. The lowest BCUT2D eigenvalue weighted by atomic mass is 10.1. The number of aromatic nitrogens is 3. The molecule has 0 fully saturated rings. The molecule has 282 valence electrons. The number of unbranched alkanes of at least 4 members (excludes halogenated alkanes) is 15. The fourth-order valence-electron chi connectivity index (χ4n) is 8.83. The van der Waals surface area contributed by atoms with Gasteiger partial charge in [0.05, 0.1) is 33.1 Å². The van der Waals surface area contributed by atoms with E-state index in [9.17, 15) is 0 Å². The molecule has 0 saturated carbocycles. The van der Waals surface area contributed by atoms with E-state index in [0.29, 0.717) is 0 Å². The first-order chi connectivity index (χ1) is 26.2. The molecule has 7 rings (SSSR count). The zero-order valence-electron chi connectivity index (χ0n) is 32.9. The maximum Gasteiger partial charge on any atom is 0.0922 e. The van der Waals surface area contributed by atoms with E-state index in [1.165, 1.54) is 180 Å². The van der Waals surface area contributed by atoms with Gasteiger partial charge in [0, 0.05) is 40.2 Å². The Morgan fingerprint density at radius 2 is 0.774 bits per heavy atom. The summed E-state index contributed by atoms with van der Waals surface area (Å²) in [5.41, 5.74) is 11.5. The van der Waals surface area contributed by atoms with Crippen LogP contribution in [0.15, 0.2) is 71.4 Å². The van der Waals surface area contributed by atoms with Crippen LogP contribution in [0.2, 0.25) is 0 Å². The Kier molecular flexibility index (Phi) is 13.5. The SMILES string of the molecule is CCCCCCCCn1c2cc(-c3cccs3)ccc2c2c1c1c(c3ccc(-c4cccs4)cc3n1CCCCCCCC)n2CCCCCCCC. The molecule has 0 aliphatic carbocycles. The second-order valence-corrected chi connectivity index (χ2v) is 17.5. The number of hydrogen-bond donors (Lipinski definition) is 0. The normalized spacial score (nSPS) is 12.1. The van der Waals surface area contributed by atoms with Crippen LogP contribution in [0.1, 0.15) is 136 Å². The van der Waals surface area contributed by atoms with Crippen LogP contribution in [0.5, 0.6) is 0 Å². The summed E-state index contributed by atoms with van der Waals surface area (Å²) in [7, 11) is 0. The van der Waals surface area contributed by atoms with Crippen molar-refractivity contribution in [3.8, 4) is 20.9 Å². The Bertz CT molecular complexity index is 2010. The molecule has 0 saturated heterocycles. The third-order valence-corrected chi connectivity index (χ3v) is 13.5. The summed E-state index contributed by atoms with van der Waals surface area (Å²) in [6, 6.07) is 23.7. The minimum atomic E-state index is 1.08. The second kappa shape index (κ2) is 18.8. The fraction of sp³-hybridized carbons (Fsp3) is 0.500. The molecule has 3 nitrogen and oxygen atoms in total. The number of aryl methyl sites for hydroxylation is 3. The highest BCUT2D eigenvalue weighted by atomic mass is 32.1. The summed E-state index contributed by atoms with van der Waals surface area (Å²) >= 11 is 3.71. The number of hydrogen-bond acceptors (Lipinski definition) is 2. The highest BCUT2D eigenvalue weighted by molar-refractivity contribution is 7.13. The first-order valence-electron chi connectivity index (χ1n) is 21.4. The second-order valence-electron chi connectivity index (χ2n) is 15.6. The van der Waals surface area contributed by atoms with Gasteiger partial charge in [-0.15, -0.1) is 22.7 Å². The van der Waals surface area contributed by atoms with E-state index < -0.39 is 0 Å². The molecular weight excluding hydrogens is 683 g/mol. The minimum absolute atomic E-state index is 1.08. The minimum Gasteiger partial charge on any atom is -0.337 e. The van der Waals surface area contributed by atoms with Gasteiger partial charge in [-0.3, -0.25) is 0 Å². The lowest BCUT2D eigenvalue weighted by Crippen LogP contribution is -2.02. The van der Waals surface area contributed by atoms with Crippen LogP contribution in [0.3, 0.4) is 0 Å². The predicted molar refractivity (Wildman–Crippen MR) is 237 cm³/mol. The third-order valence-electron chi connectivity index (χ3n) is 11.7. The molecule has 2 aromatic carbocycles. The van der Waals surface area contributed by atoms with Gasteiger partial charge in [0.1, 0.15) is 0 Å². The van der Waals surface area contributed by atoms with E-state index in [2.05, 4.69) is 106 Å². The smallest absolute Gasteiger partial charge is 0.0922 e. The van der Waals surface area contributed by atoms with Gasteiger partial charge >= 0.3 is 0 Å². The molecule has 0 bridgehead atoms. The van der Waals surface area contributed by atoms with Gasteiger partial charge in [0.25, 0.3) is 0 Å². The van der Waals surface area contributed by atoms with Gasteiger partial charge < -0.3 is 13.7 Å². The molecule has 0 amide bonds. The number of fused-ring (bicyclic) bond motifs is 7. The molecule has 0 N–H and O–H groups in total. The van der Waals surface area contributed by atoms with Gasteiger partial charge in [-0.1, -0.05) is 153 Å². The van der Waals surface area contributed by atoms with Gasteiger partial charge in [-0.05, 0) is 65.4 Å². The molecule has 53 heavy (non-hydrogen) atoms. The first kappa shape index (κ1) is 38.0. The lowest BCUT2D eigenvalue weighted by Gasteiger charge is -2.11. The maximum absolute atomic E-state index is 2.79. The Morgan fingerprint density at radius 1 is 0.396 bits per heavy atom. The monoisotopic (exact) mass is 745 g/mol. The summed E-state index contributed by atoms with van der Waals surface area (Å²) in [5, 5.41) is 7.30. The maximum atomic E-state index is 2.79. The highest BCUT2D eigenvalue weighted by Crippen LogP contribution is 2.44. The predicted octanol–water partition coefficient (Wildman–Crippen LogP) is 16.2. The Balaban J connectivity index is 1.42. The van der Waals surface area contributed by atoms with Crippen molar-refractivity contribution < 1.29 is 0 Å². The van der Waals surface area contributed by atoms with Crippen LogP contribution in [0, 0.1) is 0 Å². The van der Waals surface area contributed by atoms with E-state index in [0.717, 1.165) is 19.6 Å². The molecule has 5 heterocycles. The van der Waals surface area contributed by atoms with Crippen LogP contribution >= 0.6 is 22.7 Å². The van der Waals surface area contributed by atoms with Crippen LogP contribution < -0.4 is 0 Å². The zero-order valence-corrected chi connectivity index (χ0v) is 34.6. The summed E-state index contributed by atoms with van der Waals surface area (Å²) in [6.45, 7) is 10.2. The van der Waals surface area contributed by atoms with Gasteiger partial charge in [0.15, 0.2) is 0 Å². The van der Waals surface area contributed by atoms with Crippen molar-refractivity contribution in [1.29, 1.82) is 0 Å². The fourth-order valence-corrected chi connectivity index (χ4v) is 10.3. The van der Waals surface area contributed by atoms with E-state index in [1.54, 1.807) is 0 Å². The molecule has 0 aliphatic rings. The van der Waals surface area contributed by atoms with Crippen molar-refractivity contribution in [3.05, 3.63) is 71.4 Å². The molecule has 0 spiro atoms. The average Bonchev–Trinajstić information content (AvgIpc) is 4.03. The van der Waals surface area contributed by atoms with Crippen molar-refractivity contribution >= 4 is 66.5 Å². The van der Waals surface area contributed by atoms with E-state index in [1.807, 2.05) is 22.7 Å². The van der Waals surface area contributed by atoms with E-state index >= 15 is 0 Å². The summed E-state index contributed by atoms with van der Waals surface area (Å²) in [6.07, 6.45) is 23.7. The van der Waals surface area contributed by atoms with Crippen molar-refractivity contribution in [2.45, 2.75) is 156 Å². The van der Waals surface area contributed by atoms with Crippen molar-refractivity contribution in [2.24, 2.45) is 0 Å². The first-order valence-corrected chi connectivity index (χ1v) is 23.2. The van der Waals surface area contributed by atoms with Crippen LogP contribution in [-0.4, -0.2) is 13.7 Å². The Hall–Kier alpha value is -3.28. The summed E-state index contributed by atoms with van der Waals surface area (Å²) in [4.78, 5) is 2.73. The van der Waals surface area contributed by atoms with Crippen molar-refractivity contribution in [3.63, 3.8) is 0 Å². The molecule has 7 aromatic rings. The van der Waals surface area contributed by atoms with Gasteiger partial charge in [0.2, 0.25) is 0 Å². The quantitative estimate of drug-likeness (QED) is 0.0579. The van der Waals surface area contributed by atoms with Crippen LogP contribution in [0.4, 0.5) is 0 Å². The molecule has 5 heteroatoms. The van der Waals surface area contributed by atoms with Gasteiger partial charge in [-0.25, -0.2) is 0 Å². The summed E-state index contributed by atoms with van der Waals surface area (Å²) in [5.74, 6) is 0. The number of thiophene rings is 2. The third kappa shape index (κ3) is 8.37. The average molecular weight is 746 g/mol. The van der Waals surface area contributed by atoms with E-state index in [-0.39, 0.29) is 0 Å². The molecule has 0 atom stereocenters. The largest absolute Gasteiger partial charge is 0.337 e. The van der Waals surface area contributed by atoms with E-state index in [4.69, 9.17) is 0 Å². The summed E-state index contributed by atoms with van der Waals surface area (Å²) < 4.78 is 8.34. The Labute approximate surface area is 327 Å². The molecule has 0 aliphatic heterocycles. The number of benzene rings is 2. The molecular formula is C48H63N3S2. The number of nitrogens with zero attached hydrogens (tertiary/aromatic N) is 3. The molecule has 5 aromatic heterocycles. The molecule has 0 unspecified atom stereocenters. The Morgan fingerprint density at radius 3 is 1.15 bits per heavy atom. The topological polar surface area (TPSA) is 14.8 Å². The number of rotatable bonds is 23. The van der Waals surface area contributed by atoms with Crippen molar-refractivity contribution in [2.75, 3.05) is 0 Å². The van der Waals surface area contributed by atoms with Crippen LogP contribution in [0.25, 0.3) is 64.8 Å². The highest BCUT2D eigenvalue weighted by Gasteiger charge is 2.26. The standard InChI is InChI=1S/C48H63N3S2/c1-4-7-10-13-16-19-30-49-41-35-37(43-24-22-33-52-43)26-28-39(41)45-47(49)48-46(51(45)32-21-18-15-12-9-6-3)40-29-27-38(44-25-23-34-53-44)36-42(40)50(48)31-20-17-14-11-8-5-2/h22-29,33-36H,4-21,30-32H2,1-3H3. The van der Waals surface area contributed by atoms with Crippen molar-refractivity contribution in [1.82, 2.24) is 13.7 Å². The van der Waals surface area contributed by atoms with Gasteiger partial charge in [-0.2, -0.15) is 0 Å². The molecule has 0 radical (unpaired) electrons. The zero-order chi connectivity index (χ0) is 36.4. The van der Waals surface area contributed by atoms with Crippen LogP contribution in [-0.2, 0) is 19.6 Å².